The van der Waals surface area contributed by atoms with Crippen LogP contribution < -0.4 is 4.74 Å². The van der Waals surface area contributed by atoms with Gasteiger partial charge >= 0.3 is 5.97 Å². The number of nitrogens with zero attached hydrogens (tertiary/aromatic N) is 1. The zero-order chi connectivity index (χ0) is 14.5. The van der Waals surface area contributed by atoms with E-state index < -0.39 is 0 Å². The second-order valence-corrected chi connectivity index (χ2v) is 4.89. The lowest BCUT2D eigenvalue weighted by atomic mass is 10.1. The molecule has 0 amide bonds. The van der Waals surface area contributed by atoms with E-state index >= 15 is 0 Å². The molecular weight excluding hydrogens is 252 g/mol. The lowest BCUT2D eigenvalue weighted by Crippen LogP contribution is -2.20. The van der Waals surface area contributed by atoms with Crippen molar-refractivity contribution in [3.8, 4) is 5.75 Å². The summed E-state index contributed by atoms with van der Waals surface area (Å²) in [6, 6.07) is 5.75. The molecule has 20 heavy (non-hydrogen) atoms. The number of esters is 1. The van der Waals surface area contributed by atoms with Gasteiger partial charge < -0.3 is 14.6 Å². The van der Waals surface area contributed by atoms with Crippen LogP contribution in [0, 0.1) is 0 Å². The van der Waals surface area contributed by atoms with Gasteiger partial charge in [-0.25, -0.2) is 0 Å². The van der Waals surface area contributed by atoms with Crippen molar-refractivity contribution in [3.05, 3.63) is 42.6 Å². The molecule has 0 saturated heterocycles. The number of nitrogens with one attached hydrogen (secondary N) is 1. The molecule has 0 fully saturated rings. The number of ether oxygens (including phenoxy) is 1. The maximum atomic E-state index is 11.1. The summed E-state index contributed by atoms with van der Waals surface area (Å²) >= 11 is 0. The van der Waals surface area contributed by atoms with E-state index in [9.17, 15) is 4.79 Å². The summed E-state index contributed by atoms with van der Waals surface area (Å²) in [6.07, 6.45) is 4.82. The summed E-state index contributed by atoms with van der Waals surface area (Å²) in [5.74, 6) is 0.278. The monoisotopic (exact) mass is 272 g/mol. The molecule has 1 aromatic carbocycles. The number of aromatic amines is 1. The van der Waals surface area contributed by atoms with Crippen molar-refractivity contribution in [2.75, 3.05) is 20.1 Å². The van der Waals surface area contributed by atoms with Crippen LogP contribution in [0.25, 0.3) is 10.9 Å². The maximum absolute atomic E-state index is 11.1. The number of hydrogen-bond donors (Lipinski definition) is 1. The van der Waals surface area contributed by atoms with Crippen LogP contribution in [0.5, 0.6) is 5.75 Å². The van der Waals surface area contributed by atoms with Crippen LogP contribution in [0.3, 0.4) is 0 Å². The molecule has 0 aliphatic heterocycles. The fraction of sp³-hybridized carbons (Fsp3) is 0.312. The molecule has 1 heterocycles. The predicted molar refractivity (Wildman–Crippen MR) is 81.0 cm³/mol. The van der Waals surface area contributed by atoms with Gasteiger partial charge in [0.1, 0.15) is 0 Å². The molecule has 1 N–H and O–H groups in total. The van der Waals surface area contributed by atoms with E-state index in [1.165, 1.54) is 12.5 Å². The number of likely N-dealkylation sites (N-methyl/N-ethyl adjacent to an activating group) is 1. The first-order valence-electron chi connectivity index (χ1n) is 6.68. The predicted octanol–water partition coefficient (Wildman–Crippen LogP) is 2.75. The summed E-state index contributed by atoms with van der Waals surface area (Å²) in [4.78, 5) is 16.5. The Hall–Kier alpha value is -2.07. The summed E-state index contributed by atoms with van der Waals surface area (Å²) in [7, 11) is 2.07. The summed E-state index contributed by atoms with van der Waals surface area (Å²) in [5, 5.41) is 1.11. The van der Waals surface area contributed by atoms with Gasteiger partial charge in [0.05, 0.1) is 5.52 Å². The van der Waals surface area contributed by atoms with Gasteiger partial charge in [0.25, 0.3) is 0 Å². The van der Waals surface area contributed by atoms with Crippen LogP contribution >= 0.6 is 0 Å². The van der Waals surface area contributed by atoms with E-state index in [4.69, 9.17) is 4.74 Å². The molecule has 2 rings (SSSR count). The van der Waals surface area contributed by atoms with Crippen LogP contribution in [0.1, 0.15) is 12.5 Å². The Morgan fingerprint density at radius 2 is 2.30 bits per heavy atom. The number of benzene rings is 1. The van der Waals surface area contributed by atoms with Crippen molar-refractivity contribution in [1.82, 2.24) is 9.88 Å². The van der Waals surface area contributed by atoms with E-state index in [1.807, 2.05) is 24.4 Å². The molecule has 0 bridgehead atoms. The van der Waals surface area contributed by atoms with Crippen LogP contribution in [0.4, 0.5) is 0 Å². The minimum Gasteiger partial charge on any atom is -0.424 e. The molecule has 0 saturated carbocycles. The number of hydrogen-bond acceptors (Lipinski definition) is 3. The fourth-order valence-electron chi connectivity index (χ4n) is 2.25. The molecule has 0 unspecified atom stereocenters. The Bertz CT molecular complexity index is 616. The highest BCUT2D eigenvalue weighted by atomic mass is 16.5. The number of para-hydroxylation sites is 1. The third-order valence-electron chi connectivity index (χ3n) is 3.22. The van der Waals surface area contributed by atoms with Crippen molar-refractivity contribution < 1.29 is 9.53 Å². The maximum Gasteiger partial charge on any atom is 0.308 e. The van der Waals surface area contributed by atoms with Crippen LogP contribution in [0.15, 0.2) is 37.1 Å². The van der Waals surface area contributed by atoms with Crippen molar-refractivity contribution in [2.24, 2.45) is 0 Å². The van der Waals surface area contributed by atoms with Crippen molar-refractivity contribution in [3.63, 3.8) is 0 Å². The molecule has 0 atom stereocenters. The molecule has 0 aliphatic carbocycles. The van der Waals surface area contributed by atoms with Gasteiger partial charge in [-0.15, -0.1) is 6.58 Å². The summed E-state index contributed by atoms with van der Waals surface area (Å²) in [6.45, 7) is 6.98. The zero-order valence-electron chi connectivity index (χ0n) is 12.0. The van der Waals surface area contributed by atoms with E-state index in [1.54, 1.807) is 6.07 Å². The Labute approximate surface area is 119 Å². The van der Waals surface area contributed by atoms with Gasteiger partial charge in [0.15, 0.2) is 5.75 Å². The van der Waals surface area contributed by atoms with Crippen LogP contribution in [0.2, 0.25) is 0 Å². The Morgan fingerprint density at radius 3 is 3.00 bits per heavy atom. The van der Waals surface area contributed by atoms with Gasteiger partial charge in [-0.3, -0.25) is 4.79 Å². The van der Waals surface area contributed by atoms with Crippen molar-refractivity contribution >= 4 is 16.9 Å². The minimum atomic E-state index is -0.306. The molecular formula is C16H20N2O2. The molecule has 4 heteroatoms. The highest BCUT2D eigenvalue weighted by Gasteiger charge is 2.10. The van der Waals surface area contributed by atoms with E-state index in [0.29, 0.717) is 5.75 Å². The number of rotatable bonds is 6. The zero-order valence-corrected chi connectivity index (χ0v) is 12.0. The van der Waals surface area contributed by atoms with Gasteiger partial charge in [0, 0.05) is 31.6 Å². The second-order valence-electron chi connectivity index (χ2n) is 4.89. The largest absolute Gasteiger partial charge is 0.424 e. The third-order valence-corrected chi connectivity index (χ3v) is 3.22. The highest BCUT2D eigenvalue weighted by molar-refractivity contribution is 5.90. The van der Waals surface area contributed by atoms with Crippen molar-refractivity contribution in [1.29, 1.82) is 0 Å². The first kappa shape index (κ1) is 14.3. The minimum absolute atomic E-state index is 0.306. The van der Waals surface area contributed by atoms with E-state index in [0.717, 1.165) is 30.4 Å². The van der Waals surface area contributed by atoms with E-state index in [2.05, 4.69) is 23.5 Å². The molecule has 1 aromatic heterocycles. The third kappa shape index (κ3) is 3.27. The quantitative estimate of drug-likeness (QED) is 0.499. The first-order chi connectivity index (χ1) is 9.61. The Balaban J connectivity index is 2.19. The molecule has 0 aliphatic rings. The Kier molecular flexibility index (Phi) is 4.58. The molecule has 106 valence electrons. The molecule has 2 aromatic rings. The average Bonchev–Trinajstić information content (AvgIpc) is 2.80. The molecule has 4 nitrogen and oxygen atoms in total. The van der Waals surface area contributed by atoms with Gasteiger partial charge in [-0.2, -0.15) is 0 Å². The smallest absolute Gasteiger partial charge is 0.308 e. The van der Waals surface area contributed by atoms with E-state index in [-0.39, 0.29) is 5.97 Å². The summed E-state index contributed by atoms with van der Waals surface area (Å²) in [5.41, 5.74) is 2.11. The topological polar surface area (TPSA) is 45.3 Å². The number of aromatic nitrogens is 1. The molecule has 0 radical (unpaired) electrons. The first-order valence-corrected chi connectivity index (χ1v) is 6.68. The normalized spacial score (nSPS) is 10.9. The Morgan fingerprint density at radius 1 is 1.50 bits per heavy atom. The van der Waals surface area contributed by atoms with Gasteiger partial charge in [-0.1, -0.05) is 18.2 Å². The highest BCUT2D eigenvalue weighted by Crippen LogP contribution is 2.27. The number of carbonyl (C=O) groups is 1. The lowest BCUT2D eigenvalue weighted by Gasteiger charge is -2.13. The SMILES string of the molecule is C=CCN(C)CCc1c[nH]c2c(OC(C)=O)cccc12. The molecule has 0 spiro atoms. The average molecular weight is 272 g/mol. The summed E-state index contributed by atoms with van der Waals surface area (Å²) < 4.78 is 5.21. The van der Waals surface area contributed by atoms with Crippen LogP contribution in [-0.4, -0.2) is 36.0 Å². The van der Waals surface area contributed by atoms with Crippen molar-refractivity contribution in [2.45, 2.75) is 13.3 Å². The second kappa shape index (κ2) is 6.39. The van der Waals surface area contributed by atoms with Gasteiger partial charge in [-0.05, 0) is 25.1 Å². The fourth-order valence-corrected chi connectivity index (χ4v) is 2.25. The lowest BCUT2D eigenvalue weighted by molar-refractivity contribution is -0.131. The standard InChI is InChI=1S/C16H20N2O2/c1-4-9-18(3)10-8-13-11-17-16-14(13)6-5-7-15(16)20-12(2)19/h4-7,11,17H,1,8-10H2,2-3H3. The van der Waals surface area contributed by atoms with Gasteiger partial charge in [0.2, 0.25) is 0 Å². The number of fused-ring (bicyclic) bond motifs is 1. The number of carbonyl (C=O) groups excluding carboxylic acids is 1. The van der Waals surface area contributed by atoms with Crippen LogP contribution in [-0.2, 0) is 11.2 Å². The number of H-pyrrole nitrogens is 1.